The average molecular weight is 181 g/mol. The van der Waals surface area contributed by atoms with Gasteiger partial charge in [0.2, 0.25) is 0 Å². The second kappa shape index (κ2) is 2.78. The molecule has 0 aromatic carbocycles. The largest absolute Gasteiger partial charge is 0.420 e. The lowest BCUT2D eigenvalue weighted by atomic mass is 10.2. The Morgan fingerprint density at radius 2 is 2.17 bits per heavy atom. The molecular formula is C6H6F3NO2. The molecule has 1 N–H and O–H groups in total. The zero-order valence-electron chi connectivity index (χ0n) is 6.09. The maximum atomic E-state index is 11.8. The molecule has 1 atom stereocenters. The summed E-state index contributed by atoms with van der Waals surface area (Å²) >= 11 is 0. The minimum absolute atomic E-state index is 0.230. The van der Waals surface area contributed by atoms with Crippen LogP contribution in [0.1, 0.15) is 17.6 Å². The highest BCUT2D eigenvalue weighted by atomic mass is 19.4. The number of aromatic nitrogens is 1. The van der Waals surface area contributed by atoms with E-state index in [1.807, 2.05) is 0 Å². The number of hydrogen-bond donors (Lipinski definition) is 1. The van der Waals surface area contributed by atoms with Gasteiger partial charge in [0, 0.05) is 6.07 Å². The third-order valence-corrected chi connectivity index (χ3v) is 1.24. The van der Waals surface area contributed by atoms with Crippen molar-refractivity contribution in [3.05, 3.63) is 17.5 Å². The number of alkyl halides is 3. The first-order valence-electron chi connectivity index (χ1n) is 3.09. The van der Waals surface area contributed by atoms with Crippen molar-refractivity contribution in [2.45, 2.75) is 19.2 Å². The lowest BCUT2D eigenvalue weighted by molar-refractivity contribution is -0.208. The molecular weight excluding hydrogens is 175 g/mol. The fourth-order valence-corrected chi connectivity index (χ4v) is 0.682. The summed E-state index contributed by atoms with van der Waals surface area (Å²) in [5.41, 5.74) is -0.514. The summed E-state index contributed by atoms with van der Waals surface area (Å²) in [4.78, 5) is 0. The van der Waals surface area contributed by atoms with Gasteiger partial charge in [0.1, 0.15) is 11.5 Å². The van der Waals surface area contributed by atoms with E-state index in [-0.39, 0.29) is 5.76 Å². The van der Waals surface area contributed by atoms with E-state index in [1.54, 1.807) is 0 Å². The summed E-state index contributed by atoms with van der Waals surface area (Å²) in [6.07, 6.45) is -7.25. The normalized spacial score (nSPS) is 14.8. The molecule has 1 aromatic rings. The van der Waals surface area contributed by atoms with Crippen molar-refractivity contribution in [3.63, 3.8) is 0 Å². The van der Waals surface area contributed by atoms with Crippen LogP contribution >= 0.6 is 0 Å². The van der Waals surface area contributed by atoms with Crippen LogP contribution in [-0.2, 0) is 0 Å². The molecule has 0 radical (unpaired) electrons. The summed E-state index contributed by atoms with van der Waals surface area (Å²) in [5.74, 6) is 0.230. The van der Waals surface area contributed by atoms with E-state index in [2.05, 4.69) is 9.68 Å². The Bertz CT molecular complexity index is 268. The van der Waals surface area contributed by atoms with Gasteiger partial charge in [0.25, 0.3) is 0 Å². The van der Waals surface area contributed by atoms with E-state index in [0.717, 1.165) is 6.07 Å². The van der Waals surface area contributed by atoms with Crippen molar-refractivity contribution >= 4 is 0 Å². The van der Waals surface area contributed by atoms with Crippen molar-refractivity contribution < 1.29 is 22.8 Å². The molecule has 0 saturated carbocycles. The Labute approximate surface area is 65.8 Å². The van der Waals surface area contributed by atoms with Crippen molar-refractivity contribution in [2.24, 2.45) is 0 Å². The SMILES string of the molecule is Cc1cc([C@@H](O)C(F)(F)F)no1. The van der Waals surface area contributed by atoms with Crippen LogP contribution in [-0.4, -0.2) is 16.4 Å². The Morgan fingerprint density at radius 3 is 2.50 bits per heavy atom. The van der Waals surface area contributed by atoms with Gasteiger partial charge >= 0.3 is 6.18 Å². The van der Waals surface area contributed by atoms with Crippen LogP contribution in [0.5, 0.6) is 0 Å². The van der Waals surface area contributed by atoms with Gasteiger partial charge in [-0.05, 0) is 6.92 Å². The quantitative estimate of drug-likeness (QED) is 0.715. The first kappa shape index (κ1) is 9.05. The van der Waals surface area contributed by atoms with Gasteiger partial charge in [-0.3, -0.25) is 0 Å². The molecule has 0 aliphatic carbocycles. The highest BCUT2D eigenvalue weighted by Crippen LogP contribution is 2.31. The number of hydrogen-bond acceptors (Lipinski definition) is 3. The second-order valence-corrected chi connectivity index (χ2v) is 2.31. The van der Waals surface area contributed by atoms with E-state index < -0.39 is 18.0 Å². The van der Waals surface area contributed by atoms with Gasteiger partial charge in [0.05, 0.1) is 0 Å². The Balaban J connectivity index is 2.85. The van der Waals surface area contributed by atoms with Crippen LogP contribution in [0.15, 0.2) is 10.6 Å². The molecule has 1 aromatic heterocycles. The summed E-state index contributed by atoms with van der Waals surface area (Å²) in [7, 11) is 0. The lowest BCUT2D eigenvalue weighted by Crippen LogP contribution is -2.20. The molecule has 0 aliphatic heterocycles. The summed E-state index contributed by atoms with van der Waals surface area (Å²) in [5, 5.41) is 11.7. The zero-order chi connectivity index (χ0) is 9.35. The van der Waals surface area contributed by atoms with Gasteiger partial charge in [0.15, 0.2) is 6.10 Å². The highest BCUT2D eigenvalue weighted by Gasteiger charge is 2.41. The monoisotopic (exact) mass is 181 g/mol. The van der Waals surface area contributed by atoms with Crippen LogP contribution in [0.2, 0.25) is 0 Å². The van der Waals surface area contributed by atoms with Crippen molar-refractivity contribution in [1.82, 2.24) is 5.16 Å². The van der Waals surface area contributed by atoms with Gasteiger partial charge in [-0.15, -0.1) is 0 Å². The smallest absolute Gasteiger partial charge is 0.378 e. The van der Waals surface area contributed by atoms with E-state index >= 15 is 0 Å². The molecule has 0 unspecified atom stereocenters. The molecule has 68 valence electrons. The molecule has 12 heavy (non-hydrogen) atoms. The Kier molecular flexibility index (Phi) is 2.10. The molecule has 0 amide bonds. The first-order valence-corrected chi connectivity index (χ1v) is 3.09. The second-order valence-electron chi connectivity index (χ2n) is 2.31. The third-order valence-electron chi connectivity index (χ3n) is 1.24. The minimum Gasteiger partial charge on any atom is -0.378 e. The fourth-order valence-electron chi connectivity index (χ4n) is 0.682. The summed E-state index contributed by atoms with van der Waals surface area (Å²) in [6, 6.07) is 1.04. The predicted molar refractivity (Wildman–Crippen MR) is 32.3 cm³/mol. The molecule has 6 heteroatoms. The molecule has 0 spiro atoms. The number of aliphatic hydroxyl groups is 1. The van der Waals surface area contributed by atoms with Crippen LogP contribution in [0.25, 0.3) is 0 Å². The van der Waals surface area contributed by atoms with E-state index in [4.69, 9.17) is 5.11 Å². The molecule has 3 nitrogen and oxygen atoms in total. The molecule has 0 bridgehead atoms. The first-order chi connectivity index (χ1) is 5.41. The van der Waals surface area contributed by atoms with E-state index in [0.29, 0.717) is 0 Å². The molecule has 0 aliphatic rings. The summed E-state index contributed by atoms with van der Waals surface area (Å²) in [6.45, 7) is 1.44. The topological polar surface area (TPSA) is 46.3 Å². The van der Waals surface area contributed by atoms with E-state index in [9.17, 15) is 13.2 Å². The third kappa shape index (κ3) is 1.76. The van der Waals surface area contributed by atoms with Crippen LogP contribution < -0.4 is 0 Å². The van der Waals surface area contributed by atoms with Crippen LogP contribution in [0.3, 0.4) is 0 Å². The number of aryl methyl sites for hydroxylation is 1. The molecule has 0 saturated heterocycles. The minimum atomic E-state index is -4.69. The maximum absolute atomic E-state index is 11.8. The lowest BCUT2D eigenvalue weighted by Gasteiger charge is -2.10. The number of nitrogens with zero attached hydrogens (tertiary/aromatic N) is 1. The number of aliphatic hydroxyl groups excluding tert-OH is 1. The average Bonchev–Trinajstić information content (AvgIpc) is 2.32. The van der Waals surface area contributed by atoms with Gasteiger partial charge < -0.3 is 9.63 Å². The molecule has 1 heterocycles. The van der Waals surface area contributed by atoms with Crippen molar-refractivity contribution in [3.8, 4) is 0 Å². The number of rotatable bonds is 1. The van der Waals surface area contributed by atoms with Gasteiger partial charge in [-0.2, -0.15) is 13.2 Å². The van der Waals surface area contributed by atoms with Crippen LogP contribution in [0.4, 0.5) is 13.2 Å². The molecule has 0 fully saturated rings. The van der Waals surface area contributed by atoms with Crippen molar-refractivity contribution in [1.29, 1.82) is 0 Å². The fraction of sp³-hybridized carbons (Fsp3) is 0.500. The summed E-state index contributed by atoms with van der Waals surface area (Å²) < 4.78 is 39.8. The van der Waals surface area contributed by atoms with Gasteiger partial charge in [-0.25, -0.2) is 0 Å². The van der Waals surface area contributed by atoms with E-state index in [1.165, 1.54) is 6.92 Å². The maximum Gasteiger partial charge on any atom is 0.420 e. The number of halogens is 3. The standard InChI is InChI=1S/C6H6F3NO2/c1-3-2-4(10-12-3)5(11)6(7,8)9/h2,5,11H,1H3/t5-/m1/s1. The highest BCUT2D eigenvalue weighted by molar-refractivity contribution is 5.08. The zero-order valence-corrected chi connectivity index (χ0v) is 6.09. The molecule has 1 rings (SSSR count). The van der Waals surface area contributed by atoms with Crippen LogP contribution in [0, 0.1) is 6.92 Å². The van der Waals surface area contributed by atoms with Crippen molar-refractivity contribution in [2.75, 3.05) is 0 Å². The predicted octanol–water partition coefficient (Wildman–Crippen LogP) is 1.58. The Morgan fingerprint density at radius 1 is 1.58 bits per heavy atom. The Hall–Kier alpha value is -1.04. The van der Waals surface area contributed by atoms with Gasteiger partial charge in [-0.1, -0.05) is 5.16 Å².